The predicted molar refractivity (Wildman–Crippen MR) is 45.1 cm³/mol. The molecule has 0 amide bonds. The van der Waals surface area contributed by atoms with E-state index in [4.69, 9.17) is 4.55 Å². The van der Waals surface area contributed by atoms with Crippen molar-refractivity contribution < 1.29 is 13.6 Å². The van der Waals surface area contributed by atoms with Gasteiger partial charge < -0.3 is 14.7 Å². The maximum atomic E-state index is 10.4. The molecule has 2 unspecified atom stereocenters. The lowest BCUT2D eigenvalue weighted by atomic mass is 10.2. The van der Waals surface area contributed by atoms with Crippen LogP contribution in [-0.4, -0.2) is 51.5 Å². The molecule has 1 rings (SSSR count). The summed E-state index contributed by atoms with van der Waals surface area (Å²) in [5.74, 6) is 0.131. The molecule has 1 aliphatic rings. The Kier molecular flexibility index (Phi) is 3.80. The first-order chi connectivity index (χ1) is 5.72. The van der Waals surface area contributed by atoms with Crippen molar-refractivity contribution in [2.75, 3.05) is 25.5 Å². The van der Waals surface area contributed by atoms with E-state index in [-0.39, 0.29) is 11.9 Å². The Labute approximate surface area is 73.4 Å². The van der Waals surface area contributed by atoms with Crippen LogP contribution in [-0.2, 0) is 15.9 Å². The second kappa shape index (κ2) is 4.66. The molecule has 0 aromatic carbocycles. The minimum Gasteiger partial charge on any atom is -0.305 e. The Hall–Kier alpha value is -0.300. The number of aldehydes is 1. The lowest BCUT2D eigenvalue weighted by Gasteiger charge is -2.29. The fraction of sp³-hybridized carbons (Fsp3) is 0.833. The van der Waals surface area contributed by atoms with Crippen molar-refractivity contribution in [2.24, 2.45) is 0 Å². The molecule has 1 aliphatic heterocycles. The third kappa shape index (κ3) is 2.98. The van der Waals surface area contributed by atoms with Gasteiger partial charge in [-0.2, -0.15) is 0 Å². The van der Waals surface area contributed by atoms with E-state index in [1.165, 1.54) is 0 Å². The number of nitrogens with one attached hydrogen (secondary N) is 1. The molecular formula is C6H12N2O3S. The summed E-state index contributed by atoms with van der Waals surface area (Å²) in [4.78, 5) is 12.2. The number of carbonyl (C=O) groups excluding carboxylic acids is 1. The highest BCUT2D eigenvalue weighted by Gasteiger charge is 2.19. The zero-order valence-corrected chi connectivity index (χ0v) is 7.42. The van der Waals surface area contributed by atoms with Crippen molar-refractivity contribution in [2.45, 2.75) is 6.04 Å². The molecule has 6 heteroatoms. The van der Waals surface area contributed by atoms with Crippen LogP contribution >= 0.6 is 0 Å². The summed E-state index contributed by atoms with van der Waals surface area (Å²) < 4.78 is 19.0. The van der Waals surface area contributed by atoms with Crippen molar-refractivity contribution in [1.29, 1.82) is 0 Å². The summed E-state index contributed by atoms with van der Waals surface area (Å²) in [6, 6.07) is -0.192. The molecule has 0 aliphatic carbocycles. The van der Waals surface area contributed by atoms with E-state index in [1.54, 1.807) is 4.90 Å². The number of rotatable bonds is 3. The van der Waals surface area contributed by atoms with Crippen LogP contribution in [0.3, 0.4) is 0 Å². The zero-order chi connectivity index (χ0) is 8.97. The van der Waals surface area contributed by atoms with E-state index in [1.807, 2.05) is 0 Å². The van der Waals surface area contributed by atoms with E-state index < -0.39 is 11.1 Å². The molecule has 0 bridgehead atoms. The van der Waals surface area contributed by atoms with Crippen molar-refractivity contribution in [3.8, 4) is 0 Å². The van der Waals surface area contributed by atoms with Crippen LogP contribution < -0.4 is 5.32 Å². The Bertz CT molecular complexity index is 188. The van der Waals surface area contributed by atoms with Crippen molar-refractivity contribution in [3.05, 3.63) is 0 Å². The summed E-state index contributed by atoms with van der Waals surface area (Å²) in [6.07, 6.45) is 0.826. The highest BCUT2D eigenvalue weighted by Crippen LogP contribution is 1.97. The maximum Gasteiger partial charge on any atom is 0.167 e. The Morgan fingerprint density at radius 3 is 3.08 bits per heavy atom. The second-order valence-electron chi connectivity index (χ2n) is 2.72. The molecule has 1 fully saturated rings. The van der Waals surface area contributed by atoms with Gasteiger partial charge in [-0.3, -0.25) is 4.90 Å². The minimum atomic E-state index is -1.80. The van der Waals surface area contributed by atoms with E-state index in [9.17, 15) is 9.00 Å². The first-order valence-corrected chi connectivity index (χ1v) is 4.98. The van der Waals surface area contributed by atoms with E-state index in [0.717, 1.165) is 12.8 Å². The molecule has 1 heterocycles. The first kappa shape index (κ1) is 9.79. The molecule has 5 nitrogen and oxygen atoms in total. The van der Waals surface area contributed by atoms with Gasteiger partial charge in [0.2, 0.25) is 0 Å². The van der Waals surface area contributed by atoms with Crippen LogP contribution in [0.15, 0.2) is 0 Å². The fourth-order valence-corrected chi connectivity index (χ4v) is 1.75. The summed E-state index contributed by atoms with van der Waals surface area (Å²) in [7, 11) is 0. The van der Waals surface area contributed by atoms with Gasteiger partial charge >= 0.3 is 0 Å². The van der Waals surface area contributed by atoms with E-state index in [0.29, 0.717) is 13.1 Å². The topological polar surface area (TPSA) is 69.6 Å². The van der Waals surface area contributed by atoms with Gasteiger partial charge in [-0.15, -0.1) is 0 Å². The van der Waals surface area contributed by atoms with Crippen LogP contribution in [0.2, 0.25) is 0 Å². The van der Waals surface area contributed by atoms with Crippen molar-refractivity contribution in [1.82, 2.24) is 10.2 Å². The van der Waals surface area contributed by atoms with Gasteiger partial charge in [0.1, 0.15) is 12.2 Å². The number of hydrogen-bond donors (Lipinski definition) is 2. The molecule has 0 radical (unpaired) electrons. The quantitative estimate of drug-likeness (QED) is 0.427. The molecule has 0 aromatic rings. The lowest BCUT2D eigenvalue weighted by Crippen LogP contribution is -2.51. The first-order valence-electron chi connectivity index (χ1n) is 3.71. The van der Waals surface area contributed by atoms with Crippen LogP contribution in [0.5, 0.6) is 0 Å². The molecule has 2 atom stereocenters. The summed E-state index contributed by atoms with van der Waals surface area (Å²) in [6.45, 7) is 1.94. The van der Waals surface area contributed by atoms with Gasteiger partial charge in [-0.25, -0.2) is 4.21 Å². The molecule has 0 spiro atoms. The van der Waals surface area contributed by atoms with Gasteiger partial charge in [0.15, 0.2) is 11.1 Å². The lowest BCUT2D eigenvalue weighted by molar-refractivity contribution is -0.110. The monoisotopic (exact) mass is 192 g/mol. The van der Waals surface area contributed by atoms with Crippen molar-refractivity contribution >= 4 is 17.4 Å². The fourth-order valence-electron chi connectivity index (χ4n) is 1.21. The SMILES string of the molecule is O=CC1CN(CS(=O)O)CCN1. The van der Waals surface area contributed by atoms with Gasteiger partial charge in [0.25, 0.3) is 0 Å². The molecule has 0 saturated carbocycles. The van der Waals surface area contributed by atoms with Crippen LogP contribution in [0.25, 0.3) is 0 Å². The summed E-state index contributed by atoms with van der Waals surface area (Å²) in [5.41, 5.74) is 0. The Morgan fingerprint density at radius 2 is 2.50 bits per heavy atom. The smallest absolute Gasteiger partial charge is 0.167 e. The molecule has 70 valence electrons. The second-order valence-corrected chi connectivity index (χ2v) is 3.63. The number of hydrogen-bond acceptors (Lipinski definition) is 4. The number of carbonyl (C=O) groups is 1. The average molecular weight is 192 g/mol. The minimum absolute atomic E-state index is 0.131. The molecule has 1 saturated heterocycles. The van der Waals surface area contributed by atoms with E-state index >= 15 is 0 Å². The third-order valence-corrected chi connectivity index (χ3v) is 2.33. The van der Waals surface area contributed by atoms with E-state index in [2.05, 4.69) is 5.32 Å². The highest BCUT2D eigenvalue weighted by atomic mass is 32.2. The molecular weight excluding hydrogens is 180 g/mol. The summed E-state index contributed by atoms with van der Waals surface area (Å²) in [5, 5.41) is 2.98. The molecule has 2 N–H and O–H groups in total. The zero-order valence-electron chi connectivity index (χ0n) is 6.60. The standard InChI is InChI=1S/C6H12N2O3S/c9-4-6-3-8(2-1-7-6)5-12(10)11/h4,6-7H,1-3,5H2,(H,10,11). The van der Waals surface area contributed by atoms with Crippen LogP contribution in [0.1, 0.15) is 0 Å². The maximum absolute atomic E-state index is 10.4. The largest absolute Gasteiger partial charge is 0.305 e. The molecule has 0 aromatic heterocycles. The summed E-state index contributed by atoms with van der Waals surface area (Å²) >= 11 is -1.80. The van der Waals surface area contributed by atoms with Crippen molar-refractivity contribution in [3.63, 3.8) is 0 Å². The van der Waals surface area contributed by atoms with Gasteiger partial charge in [-0.1, -0.05) is 0 Å². The molecule has 12 heavy (non-hydrogen) atoms. The normalized spacial score (nSPS) is 28.2. The Morgan fingerprint density at radius 1 is 1.75 bits per heavy atom. The average Bonchev–Trinajstić information content (AvgIpc) is 2.03. The third-order valence-electron chi connectivity index (χ3n) is 1.75. The van der Waals surface area contributed by atoms with Gasteiger partial charge in [0.05, 0.1) is 6.04 Å². The van der Waals surface area contributed by atoms with Gasteiger partial charge in [0, 0.05) is 19.6 Å². The highest BCUT2D eigenvalue weighted by molar-refractivity contribution is 7.79. The predicted octanol–water partition coefficient (Wildman–Crippen LogP) is -1.36. The van der Waals surface area contributed by atoms with Crippen LogP contribution in [0.4, 0.5) is 0 Å². The Balaban J connectivity index is 2.35. The van der Waals surface area contributed by atoms with Gasteiger partial charge in [-0.05, 0) is 0 Å². The number of piperazine rings is 1. The van der Waals surface area contributed by atoms with Crippen LogP contribution in [0, 0.1) is 0 Å². The number of nitrogens with zero attached hydrogens (tertiary/aromatic N) is 1.